The number of amides is 1. The van der Waals surface area contributed by atoms with Gasteiger partial charge < -0.3 is 20.3 Å². The molecule has 0 rings (SSSR count). The summed E-state index contributed by atoms with van der Waals surface area (Å²) >= 11 is 0. The highest BCUT2D eigenvalue weighted by Crippen LogP contribution is 2.19. The van der Waals surface area contributed by atoms with Gasteiger partial charge in [-0.3, -0.25) is 9.59 Å². The second kappa shape index (κ2) is 62.1. The van der Waals surface area contributed by atoms with Gasteiger partial charge >= 0.3 is 5.97 Å². The molecule has 0 aromatic heterocycles. The fourth-order valence-corrected chi connectivity index (χ4v) is 10.5. The minimum absolute atomic E-state index is 0.00904. The molecule has 2 atom stereocenters. The van der Waals surface area contributed by atoms with E-state index in [0.29, 0.717) is 19.4 Å². The van der Waals surface area contributed by atoms with Crippen LogP contribution in [0.4, 0.5) is 0 Å². The average Bonchev–Trinajstić information content (AvgIpc) is 3.38. The molecule has 0 aliphatic heterocycles. The molecule has 0 aromatic carbocycles. The third kappa shape index (κ3) is 57.9. The molecule has 0 spiro atoms. The van der Waals surface area contributed by atoms with Crippen molar-refractivity contribution in [1.82, 2.24) is 5.32 Å². The van der Waals surface area contributed by atoms with Crippen molar-refractivity contribution < 1.29 is 24.5 Å². The predicted octanol–water partition coefficient (Wildman–Crippen LogP) is 20.8. The molecule has 2 unspecified atom stereocenters. The van der Waals surface area contributed by atoms with Crippen LogP contribution in [0.25, 0.3) is 0 Å². The lowest BCUT2D eigenvalue weighted by Gasteiger charge is -2.20. The van der Waals surface area contributed by atoms with Gasteiger partial charge in [0.2, 0.25) is 5.91 Å². The molecule has 3 N–H and O–H groups in total. The van der Waals surface area contributed by atoms with Crippen LogP contribution in [0.1, 0.15) is 373 Å². The molecule has 0 aromatic rings. The van der Waals surface area contributed by atoms with Crippen molar-refractivity contribution in [2.24, 2.45) is 0 Å². The first-order valence-corrected chi connectivity index (χ1v) is 33.0. The molecule has 6 nitrogen and oxygen atoms in total. The second-order valence-electron chi connectivity index (χ2n) is 22.8. The predicted molar refractivity (Wildman–Crippen MR) is 315 cm³/mol. The molecule has 0 bridgehead atoms. The number of aliphatic hydroxyl groups is 2. The van der Waals surface area contributed by atoms with Crippen LogP contribution in [-0.2, 0) is 14.3 Å². The van der Waals surface area contributed by atoms with Gasteiger partial charge in [0.25, 0.3) is 0 Å². The molecule has 0 aliphatic carbocycles. The number of ether oxygens (including phenoxy) is 1. The number of aliphatic hydroxyl groups excluding tert-OH is 2. The van der Waals surface area contributed by atoms with Gasteiger partial charge in [0.1, 0.15) is 0 Å². The molecular weight excluding hydrogens is 887 g/mol. The molecule has 72 heavy (non-hydrogen) atoms. The van der Waals surface area contributed by atoms with E-state index in [-0.39, 0.29) is 18.5 Å². The molecule has 1 amide bonds. The fourth-order valence-electron chi connectivity index (χ4n) is 10.5. The van der Waals surface area contributed by atoms with E-state index < -0.39 is 12.1 Å². The van der Waals surface area contributed by atoms with Crippen molar-refractivity contribution in [3.63, 3.8) is 0 Å². The van der Waals surface area contributed by atoms with Gasteiger partial charge in [-0.2, -0.15) is 0 Å². The van der Waals surface area contributed by atoms with Crippen molar-refractivity contribution in [3.8, 4) is 0 Å². The Kier molecular flexibility index (Phi) is 60.9. The van der Waals surface area contributed by atoms with Gasteiger partial charge in [0, 0.05) is 12.8 Å². The van der Waals surface area contributed by atoms with E-state index in [2.05, 4.69) is 19.2 Å². The lowest BCUT2D eigenvalue weighted by molar-refractivity contribution is -0.143. The second-order valence-corrected chi connectivity index (χ2v) is 22.8. The number of carbonyl (C=O) groups excluding carboxylic acids is 2. The van der Waals surface area contributed by atoms with E-state index in [4.69, 9.17) is 4.74 Å². The summed E-state index contributed by atoms with van der Waals surface area (Å²) in [5, 5.41) is 23.3. The van der Waals surface area contributed by atoms with E-state index in [0.717, 1.165) is 38.5 Å². The lowest BCUT2D eigenvalue weighted by Crippen LogP contribution is -2.45. The first-order valence-electron chi connectivity index (χ1n) is 33.0. The summed E-state index contributed by atoms with van der Waals surface area (Å²) in [6.07, 6.45) is 75.5. The summed E-state index contributed by atoms with van der Waals surface area (Å²) in [4.78, 5) is 24.5. The number of allylic oxidation sites excluding steroid dienone is 1. The van der Waals surface area contributed by atoms with E-state index in [1.54, 1.807) is 6.08 Å². The summed E-state index contributed by atoms with van der Waals surface area (Å²) < 4.78 is 5.47. The number of hydrogen-bond donors (Lipinski definition) is 3. The van der Waals surface area contributed by atoms with Gasteiger partial charge in [-0.1, -0.05) is 341 Å². The monoisotopic (exact) mass is 1020 g/mol. The van der Waals surface area contributed by atoms with Gasteiger partial charge in [0.15, 0.2) is 0 Å². The first-order chi connectivity index (χ1) is 35.5. The van der Waals surface area contributed by atoms with Crippen LogP contribution in [0.5, 0.6) is 0 Å². The summed E-state index contributed by atoms with van der Waals surface area (Å²) in [5.74, 6) is -0.0571. The molecule has 6 heteroatoms. The first kappa shape index (κ1) is 70.6. The maximum atomic E-state index is 12.5. The molecule has 0 saturated heterocycles. The fraction of sp³-hybridized carbons (Fsp3) is 0.939. The Morgan fingerprint density at radius 1 is 0.375 bits per heavy atom. The zero-order valence-electron chi connectivity index (χ0n) is 48.9. The minimum Gasteiger partial charge on any atom is -0.466 e. The van der Waals surface area contributed by atoms with Crippen molar-refractivity contribution in [1.29, 1.82) is 0 Å². The molecule has 428 valence electrons. The number of unbranched alkanes of at least 4 members (excludes halogenated alkanes) is 51. The summed E-state index contributed by atoms with van der Waals surface area (Å²) in [6.45, 7) is 4.93. The summed E-state index contributed by atoms with van der Waals surface area (Å²) in [7, 11) is 0. The quantitative estimate of drug-likeness (QED) is 0.0320. The van der Waals surface area contributed by atoms with Crippen molar-refractivity contribution in [3.05, 3.63) is 12.2 Å². The third-order valence-electron chi connectivity index (χ3n) is 15.6. The molecule has 0 saturated carbocycles. The standard InChI is InChI=1S/C66H129NO5/c1-3-5-7-9-11-13-15-16-17-18-19-20-21-22-23-24-26-29-32-35-39-42-46-50-54-58-64(69)63(62-68)67-65(70)59-55-51-47-43-40-36-33-30-27-25-28-31-34-37-41-45-49-53-57-61-72-66(71)60-56-52-48-44-38-14-12-10-8-6-4-2/h54,58,63-64,68-69H,3-53,55-57,59-62H2,1-2H3,(H,67,70)/b58-54+. The number of esters is 1. The number of carbonyl (C=O) groups is 2. The zero-order valence-corrected chi connectivity index (χ0v) is 48.9. The SMILES string of the molecule is CCCCCCCCCCCCCCCCCCCCCCCCC/C=C/C(O)C(CO)NC(=O)CCCCCCCCCCCCCCCCCCCCCOC(=O)CCCCCCCCCCCCC. The Morgan fingerprint density at radius 2 is 0.639 bits per heavy atom. The van der Waals surface area contributed by atoms with E-state index in [1.165, 1.54) is 308 Å². The topological polar surface area (TPSA) is 95.9 Å². The average molecular weight is 1020 g/mol. The van der Waals surface area contributed by atoms with Gasteiger partial charge in [-0.15, -0.1) is 0 Å². The molecule has 0 fully saturated rings. The molecule has 0 radical (unpaired) electrons. The Hall–Kier alpha value is -1.40. The smallest absolute Gasteiger partial charge is 0.305 e. The Labute approximate surface area is 450 Å². The van der Waals surface area contributed by atoms with Crippen LogP contribution < -0.4 is 5.32 Å². The Bertz CT molecular complexity index is 1080. The maximum Gasteiger partial charge on any atom is 0.305 e. The molecule has 0 aliphatic rings. The number of rotatable bonds is 62. The van der Waals surface area contributed by atoms with E-state index in [9.17, 15) is 19.8 Å². The lowest BCUT2D eigenvalue weighted by atomic mass is 10.0. The highest BCUT2D eigenvalue weighted by Gasteiger charge is 2.18. The van der Waals surface area contributed by atoms with E-state index >= 15 is 0 Å². The zero-order chi connectivity index (χ0) is 52.2. The minimum atomic E-state index is -0.847. The third-order valence-corrected chi connectivity index (χ3v) is 15.6. The van der Waals surface area contributed by atoms with Crippen LogP contribution in [0.2, 0.25) is 0 Å². The van der Waals surface area contributed by atoms with Crippen LogP contribution in [0.15, 0.2) is 12.2 Å². The van der Waals surface area contributed by atoms with Crippen LogP contribution in [0.3, 0.4) is 0 Å². The molecule has 0 heterocycles. The summed E-state index contributed by atoms with van der Waals surface area (Å²) in [5.41, 5.74) is 0. The number of hydrogen-bond acceptors (Lipinski definition) is 5. The van der Waals surface area contributed by atoms with Gasteiger partial charge in [-0.05, 0) is 32.1 Å². The van der Waals surface area contributed by atoms with Crippen LogP contribution in [-0.4, -0.2) is 47.4 Å². The molecular formula is C66H129NO5. The Morgan fingerprint density at radius 3 is 0.944 bits per heavy atom. The van der Waals surface area contributed by atoms with Crippen molar-refractivity contribution >= 4 is 11.9 Å². The van der Waals surface area contributed by atoms with E-state index in [1.807, 2.05) is 6.08 Å². The Balaban J connectivity index is 3.43. The largest absolute Gasteiger partial charge is 0.466 e. The summed E-state index contributed by atoms with van der Waals surface area (Å²) in [6, 6.07) is -0.630. The van der Waals surface area contributed by atoms with Crippen molar-refractivity contribution in [2.75, 3.05) is 13.2 Å². The van der Waals surface area contributed by atoms with Gasteiger partial charge in [-0.25, -0.2) is 0 Å². The normalized spacial score (nSPS) is 12.6. The maximum absolute atomic E-state index is 12.5. The van der Waals surface area contributed by atoms with Crippen LogP contribution in [0, 0.1) is 0 Å². The van der Waals surface area contributed by atoms with Gasteiger partial charge in [0.05, 0.1) is 25.4 Å². The highest BCUT2D eigenvalue weighted by atomic mass is 16.5. The van der Waals surface area contributed by atoms with Crippen molar-refractivity contribution in [2.45, 2.75) is 386 Å². The van der Waals surface area contributed by atoms with Crippen LogP contribution >= 0.6 is 0 Å². The number of nitrogens with one attached hydrogen (secondary N) is 1. The highest BCUT2D eigenvalue weighted by molar-refractivity contribution is 5.76.